The number of hydrogen-bond donors (Lipinski definition) is 1. The highest BCUT2D eigenvalue weighted by Crippen LogP contribution is 2.32. The lowest BCUT2D eigenvalue weighted by molar-refractivity contribution is 0.410. The van der Waals surface area contributed by atoms with Crippen molar-refractivity contribution in [2.45, 2.75) is 25.7 Å². The van der Waals surface area contributed by atoms with Gasteiger partial charge in [-0.15, -0.1) is 0 Å². The van der Waals surface area contributed by atoms with Gasteiger partial charge in [-0.05, 0) is 55.7 Å². The molecule has 0 aliphatic rings. The summed E-state index contributed by atoms with van der Waals surface area (Å²) < 4.78 is 59.3. The fourth-order valence-electron chi connectivity index (χ4n) is 2.41. The first-order valence-electron chi connectivity index (χ1n) is 6.80. The van der Waals surface area contributed by atoms with Crippen LogP contribution in [0.4, 0.5) is 14.5 Å². The highest BCUT2D eigenvalue weighted by molar-refractivity contribution is 7.92. The van der Waals surface area contributed by atoms with Crippen LogP contribution < -0.4 is 9.46 Å². The van der Waals surface area contributed by atoms with Gasteiger partial charge in [0, 0.05) is 6.07 Å². The number of ether oxygens (including phenoxy) is 1. The van der Waals surface area contributed by atoms with Gasteiger partial charge in [-0.2, -0.15) is 0 Å². The number of halogens is 2. The average Bonchev–Trinajstić information content (AvgIpc) is 2.45. The molecule has 0 atom stereocenters. The van der Waals surface area contributed by atoms with Gasteiger partial charge in [0.1, 0.15) is 17.4 Å². The summed E-state index contributed by atoms with van der Waals surface area (Å²) in [5.74, 6) is -1.18. The Balaban J connectivity index is 2.54. The minimum absolute atomic E-state index is 0.0551. The third-order valence-corrected chi connectivity index (χ3v) is 5.30. The number of anilines is 1. The predicted molar refractivity (Wildman–Crippen MR) is 84.4 cm³/mol. The molecule has 0 spiro atoms. The molecule has 0 amide bonds. The van der Waals surface area contributed by atoms with Gasteiger partial charge in [-0.25, -0.2) is 17.2 Å². The lowest BCUT2D eigenvalue weighted by Gasteiger charge is -2.17. The van der Waals surface area contributed by atoms with E-state index in [0.717, 1.165) is 12.1 Å². The molecule has 0 bridgehead atoms. The molecular formula is C16H17F2NO3S. The number of rotatable bonds is 4. The molecule has 0 unspecified atom stereocenters. The first-order chi connectivity index (χ1) is 10.7. The summed E-state index contributed by atoms with van der Waals surface area (Å²) in [5, 5.41) is 0. The summed E-state index contributed by atoms with van der Waals surface area (Å²) in [4.78, 5) is 0.0551. The molecule has 0 aromatic heterocycles. The van der Waals surface area contributed by atoms with Crippen molar-refractivity contribution in [3.05, 3.63) is 52.6 Å². The monoisotopic (exact) mass is 341 g/mol. The maximum Gasteiger partial charge on any atom is 0.262 e. The van der Waals surface area contributed by atoms with Crippen molar-refractivity contribution in [2.24, 2.45) is 0 Å². The van der Waals surface area contributed by atoms with E-state index in [0.29, 0.717) is 28.5 Å². The molecule has 1 N–H and O–H groups in total. The lowest BCUT2D eigenvalue weighted by atomic mass is 10.1. The van der Waals surface area contributed by atoms with Gasteiger partial charge in [0.15, 0.2) is 0 Å². The summed E-state index contributed by atoms with van der Waals surface area (Å²) in [6.45, 7) is 5.02. The average molecular weight is 341 g/mol. The fraction of sp³-hybridized carbons (Fsp3) is 0.250. The molecule has 0 fully saturated rings. The zero-order valence-corrected chi connectivity index (χ0v) is 14.0. The molecule has 7 heteroatoms. The summed E-state index contributed by atoms with van der Waals surface area (Å²) >= 11 is 0. The molecule has 4 nitrogen and oxygen atoms in total. The van der Waals surface area contributed by atoms with Gasteiger partial charge in [0.2, 0.25) is 0 Å². The van der Waals surface area contributed by atoms with E-state index in [1.165, 1.54) is 7.11 Å². The molecule has 0 aliphatic carbocycles. The molecule has 2 aromatic carbocycles. The van der Waals surface area contributed by atoms with Gasteiger partial charge < -0.3 is 4.74 Å². The number of nitrogens with one attached hydrogen (secondary N) is 1. The molecule has 2 aromatic rings. The molecule has 2 rings (SSSR count). The van der Waals surface area contributed by atoms with Gasteiger partial charge in [0.05, 0.1) is 17.7 Å². The van der Waals surface area contributed by atoms with Crippen LogP contribution in [-0.4, -0.2) is 15.5 Å². The Kier molecular flexibility index (Phi) is 4.61. The summed E-state index contributed by atoms with van der Waals surface area (Å²) in [6, 6.07) is 4.26. The Bertz CT molecular complexity index is 864. The maximum absolute atomic E-state index is 13.7. The molecule has 0 saturated carbocycles. The van der Waals surface area contributed by atoms with E-state index in [9.17, 15) is 17.2 Å². The Hall–Kier alpha value is -2.15. The topological polar surface area (TPSA) is 55.4 Å². The van der Waals surface area contributed by atoms with Gasteiger partial charge in [-0.3, -0.25) is 4.72 Å². The van der Waals surface area contributed by atoms with Crippen LogP contribution in [0.1, 0.15) is 16.7 Å². The van der Waals surface area contributed by atoms with Crippen LogP contribution in [0.2, 0.25) is 0 Å². The van der Waals surface area contributed by atoms with Crippen LogP contribution in [0, 0.1) is 32.4 Å². The zero-order valence-electron chi connectivity index (χ0n) is 13.2. The van der Waals surface area contributed by atoms with Gasteiger partial charge in [0.25, 0.3) is 10.0 Å². The first-order valence-corrected chi connectivity index (χ1v) is 8.28. The quantitative estimate of drug-likeness (QED) is 0.922. The van der Waals surface area contributed by atoms with E-state index in [1.807, 2.05) is 0 Å². The normalized spacial score (nSPS) is 11.4. The van der Waals surface area contributed by atoms with Crippen LogP contribution in [0.15, 0.2) is 29.2 Å². The van der Waals surface area contributed by atoms with E-state index in [1.54, 1.807) is 26.8 Å². The van der Waals surface area contributed by atoms with Crippen LogP contribution in [0.25, 0.3) is 0 Å². The molecular weight excluding hydrogens is 324 g/mol. The zero-order chi connectivity index (χ0) is 17.4. The van der Waals surface area contributed by atoms with Crippen molar-refractivity contribution in [1.82, 2.24) is 0 Å². The predicted octanol–water partition coefficient (Wildman–Crippen LogP) is 3.70. The summed E-state index contributed by atoms with van der Waals surface area (Å²) in [5.41, 5.74) is 1.36. The Labute approximate surface area is 134 Å². The minimum Gasteiger partial charge on any atom is -0.496 e. The van der Waals surface area contributed by atoms with E-state index >= 15 is 0 Å². The third kappa shape index (κ3) is 3.29. The Morgan fingerprint density at radius 1 is 1.04 bits per heavy atom. The number of aryl methyl sites for hydroxylation is 1. The van der Waals surface area contributed by atoms with Crippen molar-refractivity contribution in [1.29, 1.82) is 0 Å². The second-order valence-corrected chi connectivity index (χ2v) is 6.82. The first kappa shape index (κ1) is 17.2. The summed E-state index contributed by atoms with van der Waals surface area (Å²) in [6.07, 6.45) is 0. The maximum atomic E-state index is 13.7. The number of methoxy groups -OCH3 is 1. The van der Waals surface area contributed by atoms with E-state index in [4.69, 9.17) is 4.74 Å². The van der Waals surface area contributed by atoms with Crippen molar-refractivity contribution in [2.75, 3.05) is 11.8 Å². The van der Waals surface area contributed by atoms with E-state index in [-0.39, 0.29) is 10.6 Å². The van der Waals surface area contributed by atoms with E-state index < -0.39 is 21.7 Å². The van der Waals surface area contributed by atoms with Gasteiger partial charge >= 0.3 is 0 Å². The molecule has 0 heterocycles. The number of hydrogen-bond acceptors (Lipinski definition) is 3. The highest BCUT2D eigenvalue weighted by Gasteiger charge is 2.24. The van der Waals surface area contributed by atoms with Crippen molar-refractivity contribution >= 4 is 15.7 Å². The van der Waals surface area contributed by atoms with Crippen LogP contribution in [0.5, 0.6) is 5.75 Å². The Morgan fingerprint density at radius 2 is 1.70 bits per heavy atom. The second-order valence-electron chi connectivity index (χ2n) is 5.20. The lowest BCUT2D eigenvalue weighted by Crippen LogP contribution is -2.17. The minimum atomic E-state index is -4.03. The second kappa shape index (κ2) is 6.16. The molecule has 124 valence electrons. The molecule has 23 heavy (non-hydrogen) atoms. The van der Waals surface area contributed by atoms with Crippen LogP contribution in [0.3, 0.4) is 0 Å². The third-order valence-electron chi connectivity index (χ3n) is 3.64. The standard InChI is InChI=1S/C16H17F2NO3S/c1-9-7-15(22-4)10(2)11(3)16(9)23(20,21)19-14-6-5-12(17)8-13(14)18/h5-8,19H,1-4H3. The largest absolute Gasteiger partial charge is 0.496 e. The fourth-order valence-corrected chi connectivity index (χ4v) is 4.01. The number of benzene rings is 2. The van der Waals surface area contributed by atoms with Crippen molar-refractivity contribution in [3.63, 3.8) is 0 Å². The van der Waals surface area contributed by atoms with Crippen LogP contribution >= 0.6 is 0 Å². The SMILES string of the molecule is COc1cc(C)c(S(=O)(=O)Nc2ccc(F)cc2F)c(C)c1C. The van der Waals surface area contributed by atoms with Crippen LogP contribution in [-0.2, 0) is 10.0 Å². The molecule has 0 aliphatic heterocycles. The van der Waals surface area contributed by atoms with Crippen molar-refractivity contribution in [3.8, 4) is 5.75 Å². The van der Waals surface area contributed by atoms with Crippen molar-refractivity contribution < 1.29 is 21.9 Å². The smallest absolute Gasteiger partial charge is 0.262 e. The molecule has 0 saturated heterocycles. The number of sulfonamides is 1. The van der Waals surface area contributed by atoms with E-state index in [2.05, 4.69) is 4.72 Å². The summed E-state index contributed by atoms with van der Waals surface area (Å²) in [7, 11) is -2.52. The van der Waals surface area contributed by atoms with Gasteiger partial charge in [-0.1, -0.05) is 0 Å². The Morgan fingerprint density at radius 3 is 2.26 bits per heavy atom. The molecule has 0 radical (unpaired) electrons. The highest BCUT2D eigenvalue weighted by atomic mass is 32.2.